The second kappa shape index (κ2) is 7.49. The Kier molecular flexibility index (Phi) is 5.15. The van der Waals surface area contributed by atoms with Gasteiger partial charge in [-0.15, -0.1) is 0 Å². The van der Waals surface area contributed by atoms with Gasteiger partial charge in [-0.3, -0.25) is 10.00 Å². The summed E-state index contributed by atoms with van der Waals surface area (Å²) in [6, 6.07) is 11.9. The van der Waals surface area contributed by atoms with Crippen LogP contribution in [0.3, 0.4) is 0 Å². The van der Waals surface area contributed by atoms with Gasteiger partial charge in [0.2, 0.25) is 0 Å². The standard InChI is InChI=1S/C18H24N4O2/c1-14(16-5-3-2-4-6-16)22-12-9-17(20-22)19-18(24)21-10-7-15(13-23)8-11-21/h2-6,9,12,14-15,23H,7-8,10-11,13H2,1H3,(H,19,20,24). The van der Waals surface area contributed by atoms with Crippen molar-refractivity contribution in [2.45, 2.75) is 25.8 Å². The molecule has 1 saturated heterocycles. The number of benzene rings is 1. The summed E-state index contributed by atoms with van der Waals surface area (Å²) < 4.78 is 1.85. The molecule has 1 aliphatic heterocycles. The average molecular weight is 328 g/mol. The van der Waals surface area contributed by atoms with E-state index in [0.717, 1.165) is 12.8 Å². The van der Waals surface area contributed by atoms with Gasteiger partial charge in [-0.1, -0.05) is 30.3 Å². The predicted molar refractivity (Wildman–Crippen MR) is 92.9 cm³/mol. The Labute approximate surface area is 142 Å². The molecule has 1 aromatic carbocycles. The topological polar surface area (TPSA) is 70.4 Å². The van der Waals surface area contributed by atoms with E-state index in [1.54, 1.807) is 4.90 Å². The Balaban J connectivity index is 1.59. The van der Waals surface area contributed by atoms with Gasteiger partial charge < -0.3 is 10.0 Å². The maximum Gasteiger partial charge on any atom is 0.323 e. The van der Waals surface area contributed by atoms with E-state index in [4.69, 9.17) is 5.11 Å². The summed E-state index contributed by atoms with van der Waals surface area (Å²) in [5.74, 6) is 0.882. The second-order valence-electron chi connectivity index (χ2n) is 6.31. The molecular formula is C18H24N4O2. The maximum absolute atomic E-state index is 12.3. The Morgan fingerprint density at radius 2 is 2.00 bits per heavy atom. The zero-order chi connectivity index (χ0) is 16.9. The number of anilines is 1. The van der Waals surface area contributed by atoms with E-state index >= 15 is 0 Å². The number of nitrogens with one attached hydrogen (secondary N) is 1. The normalized spacial score (nSPS) is 16.8. The highest BCUT2D eigenvalue weighted by Crippen LogP contribution is 2.19. The summed E-state index contributed by atoms with van der Waals surface area (Å²) in [5.41, 5.74) is 1.17. The number of carbonyl (C=O) groups excluding carboxylic acids is 1. The van der Waals surface area contributed by atoms with Crippen molar-refractivity contribution in [3.63, 3.8) is 0 Å². The second-order valence-corrected chi connectivity index (χ2v) is 6.31. The maximum atomic E-state index is 12.3. The fourth-order valence-corrected chi connectivity index (χ4v) is 3.01. The van der Waals surface area contributed by atoms with Crippen LogP contribution >= 0.6 is 0 Å². The van der Waals surface area contributed by atoms with Crippen molar-refractivity contribution in [2.24, 2.45) is 5.92 Å². The summed E-state index contributed by atoms with van der Waals surface area (Å²) in [4.78, 5) is 14.1. The number of carbonyl (C=O) groups is 1. The van der Waals surface area contributed by atoms with E-state index in [2.05, 4.69) is 29.5 Å². The number of piperidine rings is 1. The van der Waals surface area contributed by atoms with Crippen molar-refractivity contribution in [1.29, 1.82) is 0 Å². The zero-order valence-electron chi connectivity index (χ0n) is 13.9. The van der Waals surface area contributed by atoms with Crippen LogP contribution in [-0.2, 0) is 0 Å². The van der Waals surface area contributed by atoms with Gasteiger partial charge in [0.1, 0.15) is 0 Å². The zero-order valence-corrected chi connectivity index (χ0v) is 13.9. The van der Waals surface area contributed by atoms with Gasteiger partial charge in [0.15, 0.2) is 5.82 Å². The molecule has 1 atom stereocenters. The lowest BCUT2D eigenvalue weighted by Crippen LogP contribution is -2.41. The molecule has 6 nitrogen and oxygen atoms in total. The van der Waals surface area contributed by atoms with Gasteiger partial charge in [-0.2, -0.15) is 5.10 Å². The van der Waals surface area contributed by atoms with Crippen LogP contribution in [0.4, 0.5) is 10.6 Å². The fraction of sp³-hybridized carbons (Fsp3) is 0.444. The van der Waals surface area contributed by atoms with E-state index in [-0.39, 0.29) is 18.7 Å². The third-order valence-corrected chi connectivity index (χ3v) is 4.68. The molecule has 24 heavy (non-hydrogen) atoms. The van der Waals surface area contributed by atoms with Gasteiger partial charge in [-0.05, 0) is 31.2 Å². The Morgan fingerprint density at radius 3 is 2.67 bits per heavy atom. The van der Waals surface area contributed by atoms with Gasteiger partial charge in [-0.25, -0.2) is 4.79 Å². The van der Waals surface area contributed by atoms with E-state index < -0.39 is 0 Å². The highest BCUT2D eigenvalue weighted by atomic mass is 16.3. The first-order valence-corrected chi connectivity index (χ1v) is 8.44. The number of rotatable bonds is 4. The van der Waals surface area contributed by atoms with Crippen molar-refractivity contribution in [3.05, 3.63) is 48.2 Å². The molecule has 3 rings (SSSR count). The predicted octanol–water partition coefficient (Wildman–Crippen LogP) is 2.73. The summed E-state index contributed by atoms with van der Waals surface area (Å²) in [6.45, 7) is 3.64. The number of likely N-dealkylation sites (tertiary alicyclic amines) is 1. The molecular weight excluding hydrogens is 304 g/mol. The van der Waals surface area contributed by atoms with Crippen LogP contribution in [0.2, 0.25) is 0 Å². The molecule has 0 radical (unpaired) electrons. The minimum absolute atomic E-state index is 0.108. The van der Waals surface area contributed by atoms with Gasteiger partial charge >= 0.3 is 6.03 Å². The molecule has 6 heteroatoms. The van der Waals surface area contributed by atoms with E-state index in [0.29, 0.717) is 24.8 Å². The van der Waals surface area contributed by atoms with E-state index in [1.165, 1.54) is 5.56 Å². The Hall–Kier alpha value is -2.34. The van der Waals surface area contributed by atoms with Crippen LogP contribution in [0.15, 0.2) is 42.6 Å². The minimum atomic E-state index is -0.121. The van der Waals surface area contributed by atoms with Gasteiger partial charge in [0.05, 0.1) is 6.04 Å². The first-order valence-electron chi connectivity index (χ1n) is 8.44. The molecule has 1 aromatic heterocycles. The number of aromatic nitrogens is 2. The smallest absolute Gasteiger partial charge is 0.323 e. The molecule has 2 amide bonds. The number of aliphatic hydroxyl groups is 1. The monoisotopic (exact) mass is 328 g/mol. The molecule has 0 bridgehead atoms. The Morgan fingerprint density at radius 1 is 1.29 bits per heavy atom. The molecule has 0 aliphatic carbocycles. The molecule has 2 heterocycles. The number of hydrogen-bond acceptors (Lipinski definition) is 3. The summed E-state index contributed by atoms with van der Waals surface area (Å²) in [5, 5.41) is 16.5. The Bertz CT molecular complexity index is 663. The van der Waals surface area contributed by atoms with Crippen LogP contribution in [0, 0.1) is 5.92 Å². The number of urea groups is 1. The fourth-order valence-electron chi connectivity index (χ4n) is 3.01. The minimum Gasteiger partial charge on any atom is -0.396 e. The summed E-state index contributed by atoms with van der Waals surface area (Å²) in [7, 11) is 0. The van der Waals surface area contributed by atoms with E-state index in [9.17, 15) is 4.79 Å². The summed E-state index contributed by atoms with van der Waals surface area (Å²) >= 11 is 0. The highest BCUT2D eigenvalue weighted by Gasteiger charge is 2.22. The lowest BCUT2D eigenvalue weighted by Gasteiger charge is -2.30. The van der Waals surface area contributed by atoms with Crippen molar-refractivity contribution < 1.29 is 9.90 Å². The number of nitrogens with zero attached hydrogens (tertiary/aromatic N) is 3. The molecule has 128 valence electrons. The molecule has 1 fully saturated rings. The van der Waals surface area contributed by atoms with Gasteiger partial charge in [0, 0.05) is 32.0 Å². The van der Waals surface area contributed by atoms with Crippen LogP contribution in [-0.4, -0.2) is 45.5 Å². The number of hydrogen-bond donors (Lipinski definition) is 2. The SMILES string of the molecule is CC(c1ccccc1)n1ccc(NC(=O)N2CCC(CO)CC2)n1. The van der Waals surface area contributed by atoms with Crippen LogP contribution in [0.25, 0.3) is 0 Å². The van der Waals surface area contributed by atoms with Crippen LogP contribution < -0.4 is 5.32 Å². The molecule has 2 N–H and O–H groups in total. The lowest BCUT2D eigenvalue weighted by molar-refractivity contribution is 0.143. The summed E-state index contributed by atoms with van der Waals surface area (Å²) in [6.07, 6.45) is 3.58. The first kappa shape index (κ1) is 16.5. The molecule has 1 aliphatic rings. The molecule has 0 spiro atoms. The average Bonchev–Trinajstić information content (AvgIpc) is 3.10. The molecule has 0 saturated carbocycles. The highest BCUT2D eigenvalue weighted by molar-refractivity contribution is 5.88. The van der Waals surface area contributed by atoms with E-state index in [1.807, 2.05) is 35.1 Å². The number of aliphatic hydroxyl groups excluding tert-OH is 1. The van der Waals surface area contributed by atoms with Gasteiger partial charge in [0.25, 0.3) is 0 Å². The lowest BCUT2D eigenvalue weighted by atomic mass is 9.98. The molecule has 2 aromatic rings. The number of amides is 2. The third-order valence-electron chi connectivity index (χ3n) is 4.68. The first-order chi connectivity index (χ1) is 11.7. The third kappa shape index (κ3) is 3.76. The van der Waals surface area contributed by atoms with Crippen molar-refractivity contribution in [1.82, 2.24) is 14.7 Å². The quantitative estimate of drug-likeness (QED) is 0.906. The largest absolute Gasteiger partial charge is 0.396 e. The molecule has 1 unspecified atom stereocenters. The van der Waals surface area contributed by atoms with Crippen molar-refractivity contribution in [3.8, 4) is 0 Å². The van der Waals surface area contributed by atoms with Crippen LogP contribution in [0.5, 0.6) is 0 Å². The van der Waals surface area contributed by atoms with Crippen molar-refractivity contribution >= 4 is 11.8 Å². The van der Waals surface area contributed by atoms with Crippen molar-refractivity contribution in [2.75, 3.05) is 25.0 Å². The van der Waals surface area contributed by atoms with Crippen LogP contribution in [0.1, 0.15) is 31.4 Å².